The second kappa shape index (κ2) is 8.03. The molecule has 0 aromatic heterocycles. The van der Waals surface area contributed by atoms with E-state index < -0.39 is 0 Å². The minimum Gasteiger partial charge on any atom is -0.353 e. The van der Waals surface area contributed by atoms with Gasteiger partial charge in [-0.05, 0) is 18.6 Å². The van der Waals surface area contributed by atoms with Gasteiger partial charge in [0.25, 0.3) is 0 Å². The molecule has 1 fully saturated rings. The predicted octanol–water partition coefficient (Wildman–Crippen LogP) is 1.06. The van der Waals surface area contributed by atoms with Gasteiger partial charge in [0, 0.05) is 30.2 Å². The summed E-state index contributed by atoms with van der Waals surface area (Å²) in [4.78, 5) is 27.2. The monoisotopic (exact) mass is 348 g/mol. The van der Waals surface area contributed by atoms with Crippen LogP contribution in [-0.4, -0.2) is 42.7 Å². The van der Waals surface area contributed by atoms with Crippen molar-refractivity contribution in [3.05, 3.63) is 24.3 Å². The number of carbonyl (C=O) groups is 2. The zero-order valence-corrected chi connectivity index (χ0v) is 15.0. The van der Waals surface area contributed by atoms with Crippen LogP contribution in [0.1, 0.15) is 32.6 Å². The van der Waals surface area contributed by atoms with Crippen molar-refractivity contribution in [3.8, 4) is 0 Å². The van der Waals surface area contributed by atoms with E-state index in [9.17, 15) is 9.59 Å². The van der Waals surface area contributed by atoms with Gasteiger partial charge in [-0.25, -0.2) is 0 Å². The molecule has 1 aromatic rings. The number of quaternary nitrogens is 1. The fourth-order valence-electron chi connectivity index (χ4n) is 3.46. The second-order valence-corrected chi connectivity index (χ2v) is 7.88. The largest absolute Gasteiger partial charge is 0.353 e. The number of likely N-dealkylation sites (tertiary alicyclic amines) is 1. The van der Waals surface area contributed by atoms with Crippen LogP contribution in [0.2, 0.25) is 0 Å². The molecule has 0 aliphatic carbocycles. The van der Waals surface area contributed by atoms with Crippen LogP contribution < -0.4 is 15.5 Å². The summed E-state index contributed by atoms with van der Waals surface area (Å²) in [6.45, 7) is 5.69. The van der Waals surface area contributed by atoms with Crippen molar-refractivity contribution in [1.29, 1.82) is 0 Å². The van der Waals surface area contributed by atoms with Crippen molar-refractivity contribution in [2.24, 2.45) is 0 Å². The van der Waals surface area contributed by atoms with Crippen LogP contribution in [0.5, 0.6) is 0 Å². The molecule has 3 N–H and O–H groups in total. The van der Waals surface area contributed by atoms with E-state index in [-0.39, 0.29) is 29.5 Å². The Balaban J connectivity index is 1.48. The van der Waals surface area contributed by atoms with E-state index in [2.05, 4.69) is 17.6 Å². The molecular formula is C18H26N3O2S+. The molecule has 0 saturated carbocycles. The summed E-state index contributed by atoms with van der Waals surface area (Å²) in [6, 6.07) is 7.99. The first-order valence-electron chi connectivity index (χ1n) is 8.85. The van der Waals surface area contributed by atoms with Crippen molar-refractivity contribution >= 4 is 29.3 Å². The molecule has 24 heavy (non-hydrogen) atoms. The highest BCUT2D eigenvalue weighted by molar-refractivity contribution is 8.01. The lowest BCUT2D eigenvalue weighted by Gasteiger charge is -2.30. The van der Waals surface area contributed by atoms with Crippen LogP contribution in [0.4, 0.5) is 5.69 Å². The molecule has 1 atom stereocenters. The number of fused-ring (bicyclic) bond motifs is 1. The molecule has 1 aromatic carbocycles. The summed E-state index contributed by atoms with van der Waals surface area (Å²) >= 11 is 1.49. The summed E-state index contributed by atoms with van der Waals surface area (Å²) in [6.07, 6.45) is 3.52. The molecule has 2 aliphatic heterocycles. The SMILES string of the molecule is CCC[NH+]1CCC(NC(=O)C[C@H]2Sc3ccccc3NC2=O)CC1. The number of hydrogen-bond donors (Lipinski definition) is 3. The van der Waals surface area contributed by atoms with E-state index in [1.165, 1.54) is 24.7 Å². The van der Waals surface area contributed by atoms with Crippen LogP contribution in [0.15, 0.2) is 29.2 Å². The Morgan fingerprint density at radius 2 is 2.08 bits per heavy atom. The lowest BCUT2D eigenvalue weighted by Crippen LogP contribution is -3.13. The lowest BCUT2D eigenvalue weighted by molar-refractivity contribution is -0.905. The van der Waals surface area contributed by atoms with Gasteiger partial charge in [0.05, 0.1) is 30.6 Å². The number of thioether (sulfide) groups is 1. The first-order chi connectivity index (χ1) is 11.7. The number of nitrogens with one attached hydrogen (secondary N) is 3. The maximum Gasteiger partial charge on any atom is 0.238 e. The molecule has 5 nitrogen and oxygen atoms in total. The number of para-hydroxylation sites is 1. The molecular weight excluding hydrogens is 322 g/mol. The highest BCUT2D eigenvalue weighted by Crippen LogP contribution is 2.36. The van der Waals surface area contributed by atoms with Gasteiger partial charge in [-0.15, -0.1) is 11.8 Å². The molecule has 130 valence electrons. The zero-order valence-electron chi connectivity index (χ0n) is 14.1. The maximum absolute atomic E-state index is 12.3. The number of benzene rings is 1. The molecule has 6 heteroatoms. The highest BCUT2D eigenvalue weighted by Gasteiger charge is 2.30. The summed E-state index contributed by atoms with van der Waals surface area (Å²) in [7, 11) is 0. The quantitative estimate of drug-likeness (QED) is 0.746. The Kier molecular flexibility index (Phi) is 5.79. The summed E-state index contributed by atoms with van der Waals surface area (Å²) in [5.74, 6) is -0.0815. The van der Waals surface area contributed by atoms with Gasteiger partial charge in [0.2, 0.25) is 11.8 Å². The van der Waals surface area contributed by atoms with Crippen LogP contribution in [0.3, 0.4) is 0 Å². The van der Waals surface area contributed by atoms with Crippen molar-refractivity contribution < 1.29 is 14.5 Å². The lowest BCUT2D eigenvalue weighted by atomic mass is 10.0. The van der Waals surface area contributed by atoms with Gasteiger partial charge in [0.15, 0.2) is 0 Å². The van der Waals surface area contributed by atoms with E-state index in [1.807, 2.05) is 24.3 Å². The van der Waals surface area contributed by atoms with Gasteiger partial charge < -0.3 is 15.5 Å². The van der Waals surface area contributed by atoms with E-state index in [4.69, 9.17) is 0 Å². The average Bonchev–Trinajstić information content (AvgIpc) is 2.57. The highest BCUT2D eigenvalue weighted by atomic mass is 32.2. The Morgan fingerprint density at radius 3 is 2.83 bits per heavy atom. The second-order valence-electron chi connectivity index (χ2n) is 6.64. The number of piperidine rings is 1. The van der Waals surface area contributed by atoms with Gasteiger partial charge in [-0.2, -0.15) is 0 Å². The van der Waals surface area contributed by atoms with Crippen LogP contribution in [0, 0.1) is 0 Å². The molecule has 1 saturated heterocycles. The van der Waals surface area contributed by atoms with Crippen molar-refractivity contribution in [2.75, 3.05) is 25.0 Å². The fraction of sp³-hybridized carbons (Fsp3) is 0.556. The van der Waals surface area contributed by atoms with Crippen LogP contribution >= 0.6 is 11.8 Å². The van der Waals surface area contributed by atoms with E-state index >= 15 is 0 Å². The third-order valence-electron chi connectivity index (χ3n) is 4.74. The van der Waals surface area contributed by atoms with Gasteiger partial charge in [-0.1, -0.05) is 19.1 Å². The number of anilines is 1. The number of amides is 2. The standard InChI is InChI=1S/C18H25N3O2S/c1-2-9-21-10-7-13(8-11-21)19-17(22)12-16-18(23)20-14-5-3-4-6-15(14)24-16/h3-6,13,16H,2,7-12H2,1H3,(H,19,22)(H,20,23)/p+1/t16-/m1/s1. The number of carbonyl (C=O) groups excluding carboxylic acids is 2. The number of rotatable bonds is 5. The van der Waals surface area contributed by atoms with E-state index in [1.54, 1.807) is 4.90 Å². The topological polar surface area (TPSA) is 62.6 Å². The molecule has 2 aliphatic rings. The van der Waals surface area contributed by atoms with Crippen molar-refractivity contribution in [3.63, 3.8) is 0 Å². The summed E-state index contributed by atoms with van der Waals surface area (Å²) in [5, 5.41) is 5.68. The fourth-order valence-corrected chi connectivity index (χ4v) is 4.57. The predicted molar refractivity (Wildman–Crippen MR) is 96.4 cm³/mol. The molecule has 3 rings (SSSR count). The number of hydrogen-bond acceptors (Lipinski definition) is 3. The van der Waals surface area contributed by atoms with Crippen LogP contribution in [-0.2, 0) is 9.59 Å². The van der Waals surface area contributed by atoms with Gasteiger partial charge in [-0.3, -0.25) is 9.59 Å². The molecule has 2 amide bonds. The Labute approximate surface area is 147 Å². The summed E-state index contributed by atoms with van der Waals surface area (Å²) < 4.78 is 0. The van der Waals surface area contributed by atoms with E-state index in [0.29, 0.717) is 0 Å². The Morgan fingerprint density at radius 1 is 1.33 bits per heavy atom. The average molecular weight is 348 g/mol. The van der Waals surface area contributed by atoms with Crippen molar-refractivity contribution in [2.45, 2.75) is 48.8 Å². The molecule has 0 unspecified atom stereocenters. The minimum absolute atomic E-state index is 0.00836. The third kappa shape index (κ3) is 4.30. The van der Waals surface area contributed by atoms with Gasteiger partial charge >= 0.3 is 0 Å². The first-order valence-corrected chi connectivity index (χ1v) is 9.73. The third-order valence-corrected chi connectivity index (χ3v) is 6.01. The normalized spacial score (nSPS) is 26.4. The first kappa shape index (κ1) is 17.3. The van der Waals surface area contributed by atoms with Crippen LogP contribution in [0.25, 0.3) is 0 Å². The van der Waals surface area contributed by atoms with Gasteiger partial charge in [0.1, 0.15) is 0 Å². The zero-order chi connectivity index (χ0) is 16.9. The van der Waals surface area contributed by atoms with Crippen molar-refractivity contribution in [1.82, 2.24) is 5.32 Å². The Hall–Kier alpha value is -1.53. The minimum atomic E-state index is -0.342. The molecule has 0 radical (unpaired) electrons. The van der Waals surface area contributed by atoms with E-state index in [0.717, 1.165) is 36.5 Å². The maximum atomic E-state index is 12.3. The Bertz CT molecular complexity index is 600. The molecule has 0 spiro atoms. The summed E-state index contributed by atoms with van der Waals surface area (Å²) in [5.41, 5.74) is 0.843. The molecule has 2 heterocycles. The molecule has 0 bridgehead atoms. The smallest absolute Gasteiger partial charge is 0.238 e.